The van der Waals surface area contributed by atoms with Gasteiger partial charge in [-0.1, -0.05) is 103 Å². The molecule has 11 heteroatoms. The van der Waals surface area contributed by atoms with Gasteiger partial charge in [-0.2, -0.15) is 0 Å². The largest absolute Gasteiger partial charge is 0.453 e. The van der Waals surface area contributed by atoms with Gasteiger partial charge >= 0.3 is 6.09 Å². The highest BCUT2D eigenvalue weighted by Crippen LogP contribution is 2.36. The van der Waals surface area contributed by atoms with E-state index in [1.807, 2.05) is 54.6 Å². The van der Waals surface area contributed by atoms with E-state index in [1.165, 1.54) is 12.1 Å². The van der Waals surface area contributed by atoms with E-state index in [-0.39, 0.29) is 19.5 Å². The number of nitrogens with one attached hydrogen (secondary N) is 2. The molecule has 0 radical (unpaired) electrons. The first-order valence-corrected chi connectivity index (χ1v) is 15.6. The van der Waals surface area contributed by atoms with Crippen molar-refractivity contribution in [2.75, 3.05) is 13.7 Å². The second-order valence-corrected chi connectivity index (χ2v) is 13.4. The summed E-state index contributed by atoms with van der Waals surface area (Å²) in [7, 11) is 1.21. The van der Waals surface area contributed by atoms with Crippen LogP contribution in [0.1, 0.15) is 55.5 Å². The summed E-state index contributed by atoms with van der Waals surface area (Å²) >= 11 is 3.43. The fourth-order valence-corrected chi connectivity index (χ4v) is 5.87. The Kier molecular flexibility index (Phi) is 11.0. The minimum absolute atomic E-state index is 0.107. The van der Waals surface area contributed by atoms with Crippen molar-refractivity contribution in [3.63, 3.8) is 0 Å². The van der Waals surface area contributed by atoms with Gasteiger partial charge in [-0.3, -0.25) is 20.2 Å². The van der Waals surface area contributed by atoms with Crippen molar-refractivity contribution < 1.29 is 29.4 Å². The number of carbonyl (C=O) groups excluding carboxylic acids is 3. The maximum atomic E-state index is 14.2. The molecular formula is C34H41BrN4O6. The van der Waals surface area contributed by atoms with Crippen LogP contribution < -0.4 is 10.7 Å². The van der Waals surface area contributed by atoms with Crippen LogP contribution in [0, 0.1) is 5.41 Å². The number of hydroxylamine groups is 2. The maximum Gasteiger partial charge on any atom is 0.407 e. The number of nitrogens with zero attached hydrogens (tertiary/aromatic N) is 2. The van der Waals surface area contributed by atoms with Crippen LogP contribution in [0.4, 0.5) is 4.79 Å². The Labute approximate surface area is 272 Å². The standard InChI is InChI=1S/C34H41BrN4O6/c1-33(2,3)29(36-32(42)45-4)30(40)37-38(21-24-14-17-26(35)18-15-24)22-34(43,20-23-10-6-5-7-11-23)31(41)39(44)28-19-16-25-12-8-9-13-27(25)28/h5-15,17-18,28-29,43-44H,16,19-22H2,1-4H3,(H,36,42)(H,37,40). The van der Waals surface area contributed by atoms with E-state index < -0.39 is 41.0 Å². The molecule has 0 bridgehead atoms. The van der Waals surface area contributed by atoms with E-state index in [4.69, 9.17) is 4.74 Å². The molecule has 0 fully saturated rings. The number of hydrogen-bond acceptors (Lipinski definition) is 7. The van der Waals surface area contributed by atoms with Crippen LogP contribution in [0.25, 0.3) is 0 Å². The number of amides is 3. The number of rotatable bonds is 11. The Bertz CT molecular complexity index is 1480. The average molecular weight is 682 g/mol. The van der Waals surface area contributed by atoms with E-state index in [1.54, 1.807) is 45.0 Å². The van der Waals surface area contributed by atoms with E-state index in [0.29, 0.717) is 23.5 Å². The van der Waals surface area contributed by atoms with Crippen molar-refractivity contribution in [3.05, 3.63) is 106 Å². The lowest BCUT2D eigenvalue weighted by molar-refractivity contribution is -0.199. The lowest BCUT2D eigenvalue weighted by atomic mass is 9.86. The summed E-state index contributed by atoms with van der Waals surface area (Å²) < 4.78 is 5.61. The maximum absolute atomic E-state index is 14.2. The Morgan fingerprint density at radius 2 is 1.62 bits per heavy atom. The number of aryl methyl sites for hydroxylation is 1. The molecule has 0 aliphatic heterocycles. The highest BCUT2D eigenvalue weighted by atomic mass is 79.9. The molecular weight excluding hydrogens is 640 g/mol. The van der Waals surface area contributed by atoms with E-state index in [2.05, 4.69) is 26.7 Å². The van der Waals surface area contributed by atoms with E-state index >= 15 is 0 Å². The molecule has 3 amide bonds. The Hall–Kier alpha value is -3.77. The topological polar surface area (TPSA) is 131 Å². The van der Waals surface area contributed by atoms with E-state index in [0.717, 1.165) is 21.2 Å². The van der Waals surface area contributed by atoms with Crippen molar-refractivity contribution in [1.29, 1.82) is 0 Å². The molecule has 240 valence electrons. The number of carbonyl (C=O) groups is 3. The summed E-state index contributed by atoms with van der Waals surface area (Å²) in [6.07, 6.45) is 0.297. The van der Waals surface area contributed by atoms with Crippen LogP contribution in [0.15, 0.2) is 83.3 Å². The minimum atomic E-state index is -2.16. The van der Waals surface area contributed by atoms with E-state index in [9.17, 15) is 24.7 Å². The Morgan fingerprint density at radius 1 is 0.978 bits per heavy atom. The zero-order valence-corrected chi connectivity index (χ0v) is 27.6. The number of halogens is 1. The van der Waals surface area contributed by atoms with Gasteiger partial charge in [-0.25, -0.2) is 14.9 Å². The first-order chi connectivity index (χ1) is 21.3. The molecule has 1 aliphatic carbocycles. The predicted molar refractivity (Wildman–Crippen MR) is 173 cm³/mol. The number of hydrogen-bond donors (Lipinski definition) is 4. The molecule has 0 saturated heterocycles. The molecule has 0 heterocycles. The first-order valence-electron chi connectivity index (χ1n) is 14.8. The summed E-state index contributed by atoms with van der Waals surface area (Å²) in [6.45, 7) is 5.12. The number of benzene rings is 3. The van der Waals surface area contributed by atoms with Crippen molar-refractivity contribution >= 4 is 33.8 Å². The van der Waals surface area contributed by atoms with Gasteiger partial charge < -0.3 is 15.2 Å². The molecule has 0 spiro atoms. The third-order valence-corrected chi connectivity index (χ3v) is 8.45. The summed E-state index contributed by atoms with van der Waals surface area (Å²) in [4.78, 5) is 40.0. The number of alkyl carbamates (subject to hydrolysis) is 1. The fourth-order valence-electron chi connectivity index (χ4n) is 5.61. The van der Waals surface area contributed by atoms with Gasteiger partial charge in [-0.15, -0.1) is 0 Å². The number of methoxy groups -OCH3 is 1. The second-order valence-electron chi connectivity index (χ2n) is 12.5. The summed E-state index contributed by atoms with van der Waals surface area (Å²) in [5, 5.41) is 28.3. The monoisotopic (exact) mass is 680 g/mol. The number of hydrazine groups is 1. The Balaban J connectivity index is 1.69. The minimum Gasteiger partial charge on any atom is -0.453 e. The van der Waals surface area contributed by atoms with Crippen molar-refractivity contribution in [2.24, 2.45) is 5.41 Å². The van der Waals surface area contributed by atoms with Crippen LogP contribution in [-0.2, 0) is 33.7 Å². The van der Waals surface area contributed by atoms with Gasteiger partial charge in [-0.05, 0) is 52.6 Å². The molecule has 3 atom stereocenters. The zero-order valence-electron chi connectivity index (χ0n) is 26.0. The lowest BCUT2D eigenvalue weighted by Gasteiger charge is -2.38. The molecule has 0 saturated carbocycles. The predicted octanol–water partition coefficient (Wildman–Crippen LogP) is 4.93. The number of aliphatic hydroxyl groups is 1. The van der Waals surface area contributed by atoms with Crippen molar-refractivity contribution in [1.82, 2.24) is 20.8 Å². The molecule has 10 nitrogen and oxygen atoms in total. The molecule has 1 aliphatic rings. The summed E-state index contributed by atoms with van der Waals surface area (Å²) in [5.74, 6) is -1.45. The van der Waals surface area contributed by atoms with Crippen LogP contribution in [0.2, 0.25) is 0 Å². The second kappa shape index (κ2) is 14.6. The van der Waals surface area contributed by atoms with Crippen molar-refractivity contribution in [3.8, 4) is 0 Å². The summed E-state index contributed by atoms with van der Waals surface area (Å²) in [6, 6.07) is 22.4. The highest BCUT2D eigenvalue weighted by molar-refractivity contribution is 9.10. The van der Waals surface area contributed by atoms with Gasteiger partial charge in [0.15, 0.2) is 5.60 Å². The fraction of sp³-hybridized carbons (Fsp3) is 0.382. The van der Waals surface area contributed by atoms with Crippen LogP contribution in [-0.4, -0.2) is 63.6 Å². The molecule has 3 aromatic rings. The quantitative estimate of drug-likeness (QED) is 0.167. The number of fused-ring (bicyclic) bond motifs is 1. The van der Waals surface area contributed by atoms with Crippen LogP contribution >= 0.6 is 15.9 Å². The Morgan fingerprint density at radius 3 is 2.27 bits per heavy atom. The first kappa shape index (κ1) is 34.1. The summed E-state index contributed by atoms with van der Waals surface area (Å²) in [5.41, 5.74) is 3.28. The van der Waals surface area contributed by atoms with Gasteiger partial charge in [0.2, 0.25) is 0 Å². The third-order valence-electron chi connectivity index (χ3n) is 7.93. The van der Waals surface area contributed by atoms with Gasteiger partial charge in [0.1, 0.15) is 6.04 Å². The van der Waals surface area contributed by atoms with Gasteiger partial charge in [0, 0.05) is 17.4 Å². The molecule has 4 rings (SSSR count). The number of ether oxygens (including phenoxy) is 1. The highest BCUT2D eigenvalue weighted by Gasteiger charge is 2.45. The molecule has 0 aromatic heterocycles. The van der Waals surface area contributed by atoms with Gasteiger partial charge in [0.05, 0.1) is 19.7 Å². The third kappa shape index (κ3) is 8.70. The normalized spacial score (nSPS) is 16.3. The molecule has 3 aromatic carbocycles. The lowest BCUT2D eigenvalue weighted by Crippen LogP contribution is -2.62. The van der Waals surface area contributed by atoms with Crippen molar-refractivity contribution in [2.45, 2.75) is 64.3 Å². The van der Waals surface area contributed by atoms with Gasteiger partial charge in [0.25, 0.3) is 11.8 Å². The SMILES string of the molecule is COC(=O)NC(C(=O)NN(Cc1ccc(Br)cc1)CC(O)(Cc1ccccc1)C(=O)N(O)C1CCc2ccccc21)C(C)(C)C. The van der Waals surface area contributed by atoms with Crippen LogP contribution in [0.5, 0.6) is 0 Å². The smallest absolute Gasteiger partial charge is 0.407 e. The molecule has 45 heavy (non-hydrogen) atoms. The van der Waals surface area contributed by atoms with Crippen LogP contribution in [0.3, 0.4) is 0 Å². The molecule has 3 unspecified atom stereocenters. The molecule has 4 N–H and O–H groups in total. The average Bonchev–Trinajstić information content (AvgIpc) is 3.44. The zero-order chi connectivity index (χ0) is 32.8.